The van der Waals surface area contributed by atoms with Gasteiger partial charge in [0, 0.05) is 11.1 Å². The highest BCUT2D eigenvalue weighted by Gasteiger charge is 2.14. The Bertz CT molecular complexity index is 608. The zero-order chi connectivity index (χ0) is 13.8. The van der Waals surface area contributed by atoms with Gasteiger partial charge < -0.3 is 15.2 Å². The van der Waals surface area contributed by atoms with Gasteiger partial charge in [-0.2, -0.15) is 0 Å². The van der Waals surface area contributed by atoms with Crippen molar-refractivity contribution in [2.24, 2.45) is 5.73 Å². The van der Waals surface area contributed by atoms with Gasteiger partial charge in [-0.3, -0.25) is 4.79 Å². The second kappa shape index (κ2) is 5.44. The second-order valence-electron chi connectivity index (χ2n) is 3.90. The summed E-state index contributed by atoms with van der Waals surface area (Å²) in [5, 5.41) is 0. The Morgan fingerprint density at radius 2 is 1.95 bits per heavy atom. The van der Waals surface area contributed by atoms with Crippen LogP contribution in [0, 0.1) is 6.07 Å². The molecule has 2 rings (SSSR count). The van der Waals surface area contributed by atoms with Gasteiger partial charge >= 0.3 is 0 Å². The van der Waals surface area contributed by atoms with Gasteiger partial charge in [0.25, 0.3) is 0 Å². The van der Waals surface area contributed by atoms with Crippen molar-refractivity contribution >= 4 is 5.91 Å². The first-order valence-corrected chi connectivity index (χ1v) is 5.69. The average molecular weight is 256 g/mol. The maximum absolute atomic E-state index is 11.5. The largest absolute Gasteiger partial charge is 0.497 e. The van der Waals surface area contributed by atoms with E-state index in [2.05, 4.69) is 6.07 Å². The van der Waals surface area contributed by atoms with Crippen molar-refractivity contribution in [2.45, 2.75) is 0 Å². The van der Waals surface area contributed by atoms with Gasteiger partial charge in [-0.05, 0) is 35.9 Å². The molecule has 0 fully saturated rings. The van der Waals surface area contributed by atoms with Crippen LogP contribution in [-0.4, -0.2) is 20.1 Å². The van der Waals surface area contributed by atoms with Gasteiger partial charge in [-0.15, -0.1) is 0 Å². The highest BCUT2D eigenvalue weighted by Crippen LogP contribution is 2.35. The van der Waals surface area contributed by atoms with Gasteiger partial charge in [0.1, 0.15) is 11.5 Å². The Morgan fingerprint density at radius 3 is 2.58 bits per heavy atom. The van der Waals surface area contributed by atoms with Crippen LogP contribution in [0.5, 0.6) is 11.5 Å². The quantitative estimate of drug-likeness (QED) is 0.912. The number of hydrogen-bond acceptors (Lipinski definition) is 3. The van der Waals surface area contributed by atoms with Crippen molar-refractivity contribution in [3.63, 3.8) is 0 Å². The number of nitrogens with two attached hydrogens (primary N) is 1. The maximum atomic E-state index is 11.5. The summed E-state index contributed by atoms with van der Waals surface area (Å²) < 4.78 is 10.5. The predicted octanol–water partition coefficient (Wildman–Crippen LogP) is 2.27. The lowest BCUT2D eigenvalue weighted by molar-refractivity contribution is 0.100. The van der Waals surface area contributed by atoms with Crippen LogP contribution in [-0.2, 0) is 0 Å². The van der Waals surface area contributed by atoms with E-state index in [9.17, 15) is 4.79 Å². The Balaban J connectivity index is 2.66. The van der Waals surface area contributed by atoms with E-state index in [1.807, 2.05) is 0 Å². The topological polar surface area (TPSA) is 61.6 Å². The van der Waals surface area contributed by atoms with E-state index < -0.39 is 5.91 Å². The Hall–Kier alpha value is -2.49. The summed E-state index contributed by atoms with van der Waals surface area (Å²) in [6, 6.07) is 13.3. The average Bonchev–Trinajstić information content (AvgIpc) is 2.46. The molecule has 19 heavy (non-hydrogen) atoms. The van der Waals surface area contributed by atoms with Crippen molar-refractivity contribution in [2.75, 3.05) is 14.2 Å². The molecule has 0 atom stereocenters. The summed E-state index contributed by atoms with van der Waals surface area (Å²) in [6.07, 6.45) is 0. The molecule has 0 saturated carbocycles. The van der Waals surface area contributed by atoms with Crippen LogP contribution in [0.1, 0.15) is 10.4 Å². The fourth-order valence-corrected chi connectivity index (χ4v) is 1.89. The number of ether oxygens (including phenoxy) is 2. The lowest BCUT2D eigenvalue weighted by Gasteiger charge is -2.12. The zero-order valence-corrected chi connectivity index (χ0v) is 10.8. The molecule has 1 amide bonds. The van der Waals surface area contributed by atoms with Gasteiger partial charge in [0.2, 0.25) is 5.91 Å². The molecule has 4 nitrogen and oxygen atoms in total. The smallest absolute Gasteiger partial charge is 0.249 e. The van der Waals surface area contributed by atoms with Crippen molar-refractivity contribution in [1.29, 1.82) is 0 Å². The molecular weight excluding hydrogens is 242 g/mol. The lowest BCUT2D eigenvalue weighted by Crippen LogP contribution is -2.12. The fourth-order valence-electron chi connectivity index (χ4n) is 1.89. The fraction of sp³-hybridized carbons (Fsp3) is 0.133. The van der Waals surface area contributed by atoms with E-state index in [0.717, 1.165) is 5.56 Å². The number of benzene rings is 2. The van der Waals surface area contributed by atoms with E-state index in [-0.39, 0.29) is 0 Å². The highest BCUT2D eigenvalue weighted by molar-refractivity contribution is 6.00. The van der Waals surface area contributed by atoms with Crippen LogP contribution < -0.4 is 15.2 Å². The molecule has 0 aliphatic rings. The molecule has 0 heterocycles. The number of carbonyl (C=O) groups is 1. The first kappa shape index (κ1) is 13.0. The number of amides is 1. The molecule has 97 valence electrons. The predicted molar refractivity (Wildman–Crippen MR) is 72.3 cm³/mol. The number of carbonyl (C=O) groups excluding carboxylic acids is 1. The SMILES string of the molecule is COc1ccc(OC)c(-c2cc[c]cc2C(N)=O)c1. The third kappa shape index (κ3) is 2.52. The van der Waals surface area contributed by atoms with Crippen molar-refractivity contribution in [3.05, 3.63) is 48.0 Å². The van der Waals surface area contributed by atoms with Gasteiger partial charge in [-0.1, -0.05) is 12.1 Å². The molecule has 1 radical (unpaired) electrons. The molecule has 0 aliphatic heterocycles. The van der Waals surface area contributed by atoms with Crippen LogP contribution in [0.25, 0.3) is 11.1 Å². The van der Waals surface area contributed by atoms with E-state index in [1.54, 1.807) is 50.6 Å². The summed E-state index contributed by atoms with van der Waals surface area (Å²) in [4.78, 5) is 11.5. The molecule has 0 bridgehead atoms. The molecule has 0 aromatic heterocycles. The minimum absolute atomic E-state index is 0.397. The summed E-state index contributed by atoms with van der Waals surface area (Å²) in [7, 11) is 3.16. The molecule has 0 unspecified atom stereocenters. The van der Waals surface area contributed by atoms with Crippen LogP contribution in [0.3, 0.4) is 0 Å². The van der Waals surface area contributed by atoms with E-state index >= 15 is 0 Å². The van der Waals surface area contributed by atoms with Crippen LogP contribution in [0.2, 0.25) is 0 Å². The van der Waals surface area contributed by atoms with Crippen molar-refractivity contribution in [1.82, 2.24) is 0 Å². The van der Waals surface area contributed by atoms with Gasteiger partial charge in [0.15, 0.2) is 0 Å². The van der Waals surface area contributed by atoms with E-state index in [0.29, 0.717) is 22.6 Å². The van der Waals surface area contributed by atoms with E-state index in [1.165, 1.54) is 0 Å². The summed E-state index contributed by atoms with van der Waals surface area (Å²) in [6.45, 7) is 0. The summed E-state index contributed by atoms with van der Waals surface area (Å²) in [5.74, 6) is 0.824. The standard InChI is InChI=1S/C15H14NO3/c1-18-10-7-8-14(19-2)13(9-10)11-5-3-4-6-12(11)15(16)17/h3,5-9H,1-2H3,(H2,16,17). The molecule has 4 heteroatoms. The Kier molecular flexibility index (Phi) is 3.71. The summed E-state index contributed by atoms with van der Waals surface area (Å²) in [5.41, 5.74) is 7.23. The first-order chi connectivity index (χ1) is 9.17. The van der Waals surface area contributed by atoms with Gasteiger partial charge in [-0.25, -0.2) is 0 Å². The van der Waals surface area contributed by atoms with Crippen LogP contribution in [0.15, 0.2) is 36.4 Å². The molecule has 2 aromatic carbocycles. The Morgan fingerprint density at radius 1 is 1.16 bits per heavy atom. The van der Waals surface area contributed by atoms with Crippen LogP contribution in [0.4, 0.5) is 0 Å². The van der Waals surface area contributed by atoms with E-state index in [4.69, 9.17) is 15.2 Å². The molecular formula is C15H14NO3. The minimum atomic E-state index is -0.503. The van der Waals surface area contributed by atoms with Gasteiger partial charge in [0.05, 0.1) is 14.2 Å². The Labute approximate surface area is 111 Å². The number of primary amides is 1. The maximum Gasteiger partial charge on any atom is 0.249 e. The molecule has 0 spiro atoms. The van der Waals surface area contributed by atoms with Crippen molar-refractivity contribution in [3.8, 4) is 22.6 Å². The number of methoxy groups -OCH3 is 2. The zero-order valence-electron chi connectivity index (χ0n) is 10.8. The third-order valence-corrected chi connectivity index (χ3v) is 2.83. The second-order valence-corrected chi connectivity index (χ2v) is 3.90. The monoisotopic (exact) mass is 256 g/mol. The molecule has 2 N–H and O–H groups in total. The third-order valence-electron chi connectivity index (χ3n) is 2.83. The van der Waals surface area contributed by atoms with Crippen LogP contribution >= 0.6 is 0 Å². The highest BCUT2D eigenvalue weighted by atomic mass is 16.5. The normalized spacial score (nSPS) is 10.0. The first-order valence-electron chi connectivity index (χ1n) is 5.69. The molecule has 0 aliphatic carbocycles. The minimum Gasteiger partial charge on any atom is -0.497 e. The summed E-state index contributed by atoms with van der Waals surface area (Å²) >= 11 is 0. The molecule has 2 aromatic rings. The number of hydrogen-bond donors (Lipinski definition) is 1. The number of rotatable bonds is 4. The molecule has 0 saturated heterocycles. The van der Waals surface area contributed by atoms with Crippen molar-refractivity contribution < 1.29 is 14.3 Å². The lowest BCUT2D eigenvalue weighted by atomic mass is 9.98.